The molecule has 0 spiro atoms. The number of ketones is 1. The number of methoxy groups -OCH3 is 1. The van der Waals surface area contributed by atoms with Gasteiger partial charge in [0.15, 0.2) is 5.78 Å². The molecule has 0 aromatic carbocycles. The van der Waals surface area contributed by atoms with E-state index < -0.39 is 0 Å². The van der Waals surface area contributed by atoms with Gasteiger partial charge in [0.2, 0.25) is 0 Å². The van der Waals surface area contributed by atoms with E-state index in [1.165, 1.54) is 0 Å². The first-order valence-electron chi connectivity index (χ1n) is 3.63. The Morgan fingerprint density at radius 1 is 1.73 bits per heavy atom. The van der Waals surface area contributed by atoms with Gasteiger partial charge >= 0.3 is 0 Å². The van der Waals surface area contributed by atoms with Crippen LogP contribution in [0.15, 0.2) is 12.2 Å². The lowest BCUT2D eigenvalue weighted by Gasteiger charge is -2.16. The van der Waals surface area contributed by atoms with E-state index in [0.29, 0.717) is 6.42 Å². The topological polar surface area (TPSA) is 35.5 Å². The third kappa shape index (κ3) is 2.82. The summed E-state index contributed by atoms with van der Waals surface area (Å²) in [5, 5.41) is 0. The minimum Gasteiger partial charge on any atom is -0.359 e. The molecule has 3 heteroatoms. The first-order valence-corrected chi connectivity index (χ1v) is 3.63. The largest absolute Gasteiger partial charge is 0.359 e. The van der Waals surface area contributed by atoms with Gasteiger partial charge in [0.1, 0.15) is 6.79 Å². The van der Waals surface area contributed by atoms with Crippen LogP contribution in [-0.4, -0.2) is 25.8 Å². The number of hydrogen-bond acceptors (Lipinski definition) is 3. The summed E-state index contributed by atoms with van der Waals surface area (Å²) in [5.74, 6) is 0.136. The zero-order valence-electron chi connectivity index (χ0n) is 6.58. The van der Waals surface area contributed by atoms with Crippen LogP contribution in [-0.2, 0) is 14.3 Å². The molecule has 1 aliphatic rings. The molecule has 0 aliphatic heterocycles. The van der Waals surface area contributed by atoms with Crippen LogP contribution in [0, 0.1) is 0 Å². The maximum absolute atomic E-state index is 10.8. The molecular weight excluding hydrogens is 144 g/mol. The average molecular weight is 156 g/mol. The zero-order chi connectivity index (χ0) is 8.10. The molecule has 0 bridgehead atoms. The molecule has 0 heterocycles. The van der Waals surface area contributed by atoms with Crippen molar-refractivity contribution in [3.05, 3.63) is 12.2 Å². The second-order valence-electron chi connectivity index (χ2n) is 2.50. The molecule has 1 aliphatic carbocycles. The number of hydrogen-bond donors (Lipinski definition) is 0. The number of carbonyl (C=O) groups is 1. The highest BCUT2D eigenvalue weighted by Crippen LogP contribution is 2.11. The van der Waals surface area contributed by atoms with Crippen LogP contribution in [0.25, 0.3) is 0 Å². The molecule has 0 radical (unpaired) electrons. The summed E-state index contributed by atoms with van der Waals surface area (Å²) in [6, 6.07) is 0. The summed E-state index contributed by atoms with van der Waals surface area (Å²) in [4.78, 5) is 10.8. The molecule has 1 atom stereocenters. The molecule has 0 N–H and O–H groups in total. The minimum atomic E-state index is 0.0208. The van der Waals surface area contributed by atoms with Gasteiger partial charge in [0, 0.05) is 13.5 Å². The van der Waals surface area contributed by atoms with Crippen LogP contribution in [0.5, 0.6) is 0 Å². The minimum absolute atomic E-state index is 0.0208. The molecule has 0 aromatic heterocycles. The Labute approximate surface area is 66.0 Å². The van der Waals surface area contributed by atoms with Gasteiger partial charge in [-0.05, 0) is 12.5 Å². The van der Waals surface area contributed by atoms with Crippen molar-refractivity contribution in [2.45, 2.75) is 18.9 Å². The maximum Gasteiger partial charge on any atom is 0.157 e. The van der Waals surface area contributed by atoms with Crippen molar-refractivity contribution in [2.24, 2.45) is 0 Å². The molecule has 0 fully saturated rings. The Hall–Kier alpha value is -0.670. The van der Waals surface area contributed by atoms with Crippen LogP contribution in [0.4, 0.5) is 0 Å². The van der Waals surface area contributed by atoms with E-state index in [-0.39, 0.29) is 18.7 Å². The van der Waals surface area contributed by atoms with Gasteiger partial charge in [-0.1, -0.05) is 6.08 Å². The van der Waals surface area contributed by atoms with Gasteiger partial charge in [-0.3, -0.25) is 4.79 Å². The Balaban J connectivity index is 2.26. The molecule has 3 nitrogen and oxygen atoms in total. The van der Waals surface area contributed by atoms with Crippen molar-refractivity contribution in [3.63, 3.8) is 0 Å². The van der Waals surface area contributed by atoms with Gasteiger partial charge in [0.05, 0.1) is 6.10 Å². The Morgan fingerprint density at radius 3 is 3.18 bits per heavy atom. The maximum atomic E-state index is 10.8. The lowest BCUT2D eigenvalue weighted by atomic mass is 10.0. The van der Waals surface area contributed by atoms with Crippen molar-refractivity contribution in [1.82, 2.24) is 0 Å². The van der Waals surface area contributed by atoms with E-state index in [2.05, 4.69) is 0 Å². The highest BCUT2D eigenvalue weighted by Gasteiger charge is 2.14. The molecule has 62 valence electrons. The molecule has 0 saturated heterocycles. The smallest absolute Gasteiger partial charge is 0.157 e. The van der Waals surface area contributed by atoms with Crippen LogP contribution in [0.3, 0.4) is 0 Å². The molecule has 0 saturated carbocycles. The van der Waals surface area contributed by atoms with Crippen LogP contribution in [0.1, 0.15) is 12.8 Å². The summed E-state index contributed by atoms with van der Waals surface area (Å²) in [6.45, 7) is 0.270. The summed E-state index contributed by atoms with van der Waals surface area (Å²) in [7, 11) is 1.57. The fraction of sp³-hybridized carbons (Fsp3) is 0.625. The number of rotatable bonds is 3. The van der Waals surface area contributed by atoms with Crippen molar-refractivity contribution < 1.29 is 14.3 Å². The van der Waals surface area contributed by atoms with Crippen molar-refractivity contribution in [1.29, 1.82) is 0 Å². The zero-order valence-corrected chi connectivity index (χ0v) is 6.58. The van der Waals surface area contributed by atoms with E-state index in [0.717, 1.165) is 6.42 Å². The van der Waals surface area contributed by atoms with Gasteiger partial charge < -0.3 is 9.47 Å². The van der Waals surface area contributed by atoms with Crippen molar-refractivity contribution >= 4 is 5.78 Å². The third-order valence-electron chi connectivity index (χ3n) is 1.55. The van der Waals surface area contributed by atoms with Crippen molar-refractivity contribution in [3.8, 4) is 0 Å². The van der Waals surface area contributed by atoms with Gasteiger partial charge in [0.25, 0.3) is 0 Å². The normalized spacial score (nSPS) is 24.1. The van der Waals surface area contributed by atoms with Gasteiger partial charge in [-0.15, -0.1) is 0 Å². The van der Waals surface area contributed by atoms with Crippen LogP contribution < -0.4 is 0 Å². The molecule has 11 heavy (non-hydrogen) atoms. The molecule has 0 aromatic rings. The highest BCUT2D eigenvalue weighted by molar-refractivity contribution is 5.90. The van der Waals surface area contributed by atoms with Crippen LogP contribution in [0.2, 0.25) is 0 Å². The fourth-order valence-electron chi connectivity index (χ4n) is 1.02. The SMILES string of the molecule is COCOC1CC=CC(=O)C1. The number of ether oxygens (including phenoxy) is 2. The lowest BCUT2D eigenvalue weighted by molar-refractivity contribution is -0.122. The standard InChI is InChI=1S/C8H12O3/c1-10-6-11-8-4-2-3-7(9)5-8/h2-3,8H,4-6H2,1H3. The average Bonchev–Trinajstić information content (AvgIpc) is 2.01. The van der Waals surface area contributed by atoms with E-state index in [1.807, 2.05) is 6.08 Å². The van der Waals surface area contributed by atoms with E-state index in [1.54, 1.807) is 13.2 Å². The lowest BCUT2D eigenvalue weighted by Crippen LogP contribution is -2.20. The molecule has 1 rings (SSSR count). The molecular formula is C8H12O3. The van der Waals surface area contributed by atoms with E-state index in [4.69, 9.17) is 9.47 Å². The second-order valence-corrected chi connectivity index (χ2v) is 2.50. The predicted octanol–water partition coefficient (Wildman–Crippen LogP) is 0.895. The first-order chi connectivity index (χ1) is 5.33. The van der Waals surface area contributed by atoms with Gasteiger partial charge in [-0.25, -0.2) is 0 Å². The second kappa shape index (κ2) is 4.26. The fourth-order valence-corrected chi connectivity index (χ4v) is 1.02. The summed E-state index contributed by atoms with van der Waals surface area (Å²) in [6.07, 6.45) is 4.76. The van der Waals surface area contributed by atoms with Crippen LogP contribution >= 0.6 is 0 Å². The van der Waals surface area contributed by atoms with E-state index in [9.17, 15) is 4.79 Å². The first kappa shape index (κ1) is 8.43. The number of carbonyl (C=O) groups excluding carboxylic acids is 1. The Bertz CT molecular complexity index is 163. The predicted molar refractivity (Wildman–Crippen MR) is 40.1 cm³/mol. The summed E-state index contributed by atoms with van der Waals surface area (Å²) in [5.41, 5.74) is 0. The number of allylic oxidation sites excluding steroid dienone is 1. The summed E-state index contributed by atoms with van der Waals surface area (Å²) >= 11 is 0. The van der Waals surface area contributed by atoms with E-state index >= 15 is 0 Å². The summed E-state index contributed by atoms with van der Waals surface area (Å²) < 4.78 is 9.93. The quantitative estimate of drug-likeness (QED) is 0.569. The monoisotopic (exact) mass is 156 g/mol. The molecule has 1 unspecified atom stereocenters. The Kier molecular flexibility index (Phi) is 3.26. The third-order valence-corrected chi connectivity index (χ3v) is 1.55. The molecule has 0 amide bonds. The highest BCUT2D eigenvalue weighted by atomic mass is 16.7. The van der Waals surface area contributed by atoms with Crippen molar-refractivity contribution in [2.75, 3.05) is 13.9 Å². The van der Waals surface area contributed by atoms with Gasteiger partial charge in [-0.2, -0.15) is 0 Å². The Morgan fingerprint density at radius 2 is 2.55 bits per heavy atom.